The Bertz CT molecular complexity index is 518. The SMILES string of the molecule is CC1OCCC1(O)CNC(=O)/C=C/c1ccccc1Br. The lowest BCUT2D eigenvalue weighted by atomic mass is 9.97. The van der Waals surface area contributed by atoms with E-state index in [2.05, 4.69) is 21.2 Å². The Kier molecular flexibility index (Phi) is 4.96. The van der Waals surface area contributed by atoms with E-state index in [4.69, 9.17) is 4.74 Å². The van der Waals surface area contributed by atoms with Crippen LogP contribution in [0.4, 0.5) is 0 Å². The van der Waals surface area contributed by atoms with Crippen LogP contribution < -0.4 is 5.32 Å². The van der Waals surface area contributed by atoms with Gasteiger partial charge in [-0.05, 0) is 24.6 Å². The molecule has 2 atom stereocenters. The zero-order chi connectivity index (χ0) is 14.6. The molecule has 1 amide bonds. The topological polar surface area (TPSA) is 58.6 Å². The van der Waals surface area contributed by atoms with E-state index in [1.807, 2.05) is 31.2 Å². The molecule has 0 aliphatic carbocycles. The summed E-state index contributed by atoms with van der Waals surface area (Å²) in [7, 11) is 0. The lowest BCUT2D eigenvalue weighted by Crippen LogP contribution is -2.47. The van der Waals surface area contributed by atoms with Gasteiger partial charge in [-0.2, -0.15) is 0 Å². The average molecular weight is 340 g/mol. The number of amides is 1. The fourth-order valence-electron chi connectivity index (χ4n) is 2.08. The zero-order valence-corrected chi connectivity index (χ0v) is 12.9. The van der Waals surface area contributed by atoms with Gasteiger partial charge in [0.1, 0.15) is 5.60 Å². The van der Waals surface area contributed by atoms with Gasteiger partial charge in [-0.25, -0.2) is 0 Å². The molecule has 2 rings (SSSR count). The number of halogens is 1. The highest BCUT2D eigenvalue weighted by molar-refractivity contribution is 9.10. The Labute approximate surface area is 127 Å². The maximum atomic E-state index is 11.8. The van der Waals surface area contributed by atoms with Crippen LogP contribution in [0, 0.1) is 0 Å². The smallest absolute Gasteiger partial charge is 0.244 e. The van der Waals surface area contributed by atoms with Gasteiger partial charge >= 0.3 is 0 Å². The van der Waals surface area contributed by atoms with Gasteiger partial charge in [-0.3, -0.25) is 4.79 Å². The number of ether oxygens (including phenoxy) is 1. The normalized spacial score (nSPS) is 26.1. The van der Waals surface area contributed by atoms with Crippen LogP contribution in [0.25, 0.3) is 6.08 Å². The fourth-order valence-corrected chi connectivity index (χ4v) is 2.49. The molecule has 2 unspecified atom stereocenters. The van der Waals surface area contributed by atoms with Gasteiger partial charge < -0.3 is 15.2 Å². The second kappa shape index (κ2) is 6.52. The molecule has 108 valence electrons. The number of hydrogen-bond acceptors (Lipinski definition) is 3. The minimum atomic E-state index is -0.961. The summed E-state index contributed by atoms with van der Waals surface area (Å²) >= 11 is 3.42. The lowest BCUT2D eigenvalue weighted by molar-refractivity contribution is -0.118. The van der Waals surface area contributed by atoms with Crippen LogP contribution in [0.3, 0.4) is 0 Å². The lowest BCUT2D eigenvalue weighted by Gasteiger charge is -2.25. The van der Waals surface area contributed by atoms with Crippen molar-refractivity contribution < 1.29 is 14.6 Å². The predicted octanol–water partition coefficient (Wildman–Crippen LogP) is 2.12. The summed E-state index contributed by atoms with van der Waals surface area (Å²) in [6, 6.07) is 7.65. The maximum Gasteiger partial charge on any atom is 0.244 e. The van der Waals surface area contributed by atoms with Gasteiger partial charge in [-0.15, -0.1) is 0 Å². The third-order valence-corrected chi connectivity index (χ3v) is 4.27. The van der Waals surface area contributed by atoms with E-state index in [9.17, 15) is 9.90 Å². The van der Waals surface area contributed by atoms with Crippen molar-refractivity contribution in [3.63, 3.8) is 0 Å². The number of carbonyl (C=O) groups is 1. The zero-order valence-electron chi connectivity index (χ0n) is 11.3. The number of hydrogen-bond donors (Lipinski definition) is 2. The van der Waals surface area contributed by atoms with Crippen LogP contribution in [-0.2, 0) is 9.53 Å². The van der Waals surface area contributed by atoms with Crippen LogP contribution in [0.2, 0.25) is 0 Å². The number of rotatable bonds is 4. The Morgan fingerprint density at radius 1 is 1.60 bits per heavy atom. The number of carbonyl (C=O) groups excluding carboxylic acids is 1. The van der Waals surface area contributed by atoms with Crippen LogP contribution in [-0.4, -0.2) is 35.9 Å². The van der Waals surface area contributed by atoms with Gasteiger partial charge in [0, 0.05) is 30.1 Å². The second-order valence-corrected chi connectivity index (χ2v) is 5.79. The molecule has 0 aromatic heterocycles. The maximum absolute atomic E-state index is 11.8. The number of nitrogens with one attached hydrogen (secondary N) is 1. The summed E-state index contributed by atoms with van der Waals surface area (Å²) in [4.78, 5) is 11.8. The van der Waals surface area contributed by atoms with Gasteiger partial charge in [-0.1, -0.05) is 34.1 Å². The van der Waals surface area contributed by atoms with Gasteiger partial charge in [0.15, 0.2) is 0 Å². The molecule has 2 N–H and O–H groups in total. The molecule has 0 saturated carbocycles. The highest BCUT2D eigenvalue weighted by Crippen LogP contribution is 2.24. The molecule has 1 aromatic carbocycles. The second-order valence-electron chi connectivity index (χ2n) is 4.94. The van der Waals surface area contributed by atoms with E-state index < -0.39 is 5.60 Å². The highest BCUT2D eigenvalue weighted by atomic mass is 79.9. The van der Waals surface area contributed by atoms with E-state index >= 15 is 0 Å². The summed E-state index contributed by atoms with van der Waals surface area (Å²) in [5.74, 6) is -0.228. The molecule has 0 radical (unpaired) electrons. The third kappa shape index (κ3) is 3.69. The number of benzene rings is 1. The first-order chi connectivity index (χ1) is 9.51. The van der Waals surface area contributed by atoms with E-state index in [1.165, 1.54) is 6.08 Å². The van der Waals surface area contributed by atoms with Crippen molar-refractivity contribution in [1.82, 2.24) is 5.32 Å². The van der Waals surface area contributed by atoms with Crippen molar-refractivity contribution in [2.45, 2.75) is 25.0 Å². The molecular formula is C15H18BrNO3. The first-order valence-corrected chi connectivity index (χ1v) is 7.35. The first kappa shape index (κ1) is 15.2. The monoisotopic (exact) mass is 339 g/mol. The van der Waals surface area contributed by atoms with E-state index in [-0.39, 0.29) is 18.6 Å². The highest BCUT2D eigenvalue weighted by Gasteiger charge is 2.39. The molecular weight excluding hydrogens is 322 g/mol. The molecule has 1 aliphatic heterocycles. The minimum Gasteiger partial charge on any atom is -0.385 e. The molecule has 1 aliphatic rings. The predicted molar refractivity (Wildman–Crippen MR) is 81.2 cm³/mol. The molecule has 1 fully saturated rings. The molecule has 1 saturated heterocycles. The minimum absolute atomic E-state index is 0.202. The van der Waals surface area contributed by atoms with Crippen molar-refractivity contribution in [2.24, 2.45) is 0 Å². The first-order valence-electron chi connectivity index (χ1n) is 6.56. The summed E-state index contributed by atoms with van der Waals surface area (Å²) < 4.78 is 6.25. The molecule has 5 heteroatoms. The Morgan fingerprint density at radius 2 is 2.35 bits per heavy atom. The van der Waals surface area contributed by atoms with Crippen molar-refractivity contribution >= 4 is 27.9 Å². The quantitative estimate of drug-likeness (QED) is 0.826. The van der Waals surface area contributed by atoms with Crippen LogP contribution >= 0.6 is 15.9 Å². The van der Waals surface area contributed by atoms with E-state index in [1.54, 1.807) is 6.08 Å². The summed E-state index contributed by atoms with van der Waals surface area (Å²) in [6.45, 7) is 2.55. The standard InChI is InChI=1S/C15H18BrNO3/c1-11-15(19,8-9-20-11)10-17-14(18)7-6-12-4-2-3-5-13(12)16/h2-7,11,19H,8-10H2,1H3,(H,17,18)/b7-6+. The number of aliphatic hydroxyl groups is 1. The fraction of sp³-hybridized carbons (Fsp3) is 0.400. The van der Waals surface area contributed by atoms with Crippen LogP contribution in [0.5, 0.6) is 0 Å². The summed E-state index contributed by atoms with van der Waals surface area (Å²) in [5.41, 5.74) is -0.0319. The van der Waals surface area contributed by atoms with Crippen molar-refractivity contribution in [3.8, 4) is 0 Å². The molecule has 20 heavy (non-hydrogen) atoms. The largest absolute Gasteiger partial charge is 0.385 e. The summed E-state index contributed by atoms with van der Waals surface area (Å²) in [6.07, 6.45) is 3.49. The molecule has 1 aromatic rings. The van der Waals surface area contributed by atoms with Gasteiger partial charge in [0.25, 0.3) is 0 Å². The van der Waals surface area contributed by atoms with E-state index in [0.29, 0.717) is 13.0 Å². The van der Waals surface area contributed by atoms with Crippen molar-refractivity contribution in [3.05, 3.63) is 40.4 Å². The Hall–Kier alpha value is -1.17. The molecule has 0 spiro atoms. The summed E-state index contributed by atoms with van der Waals surface area (Å²) in [5, 5.41) is 13.0. The van der Waals surface area contributed by atoms with Gasteiger partial charge in [0.2, 0.25) is 5.91 Å². The van der Waals surface area contributed by atoms with Gasteiger partial charge in [0.05, 0.1) is 6.10 Å². The molecule has 1 heterocycles. The average Bonchev–Trinajstić information content (AvgIpc) is 2.76. The third-order valence-electron chi connectivity index (χ3n) is 3.55. The molecule has 4 nitrogen and oxygen atoms in total. The Balaban J connectivity index is 1.89. The van der Waals surface area contributed by atoms with Crippen molar-refractivity contribution in [1.29, 1.82) is 0 Å². The molecule has 0 bridgehead atoms. The van der Waals surface area contributed by atoms with Crippen LogP contribution in [0.15, 0.2) is 34.8 Å². The Morgan fingerprint density at radius 3 is 3.00 bits per heavy atom. The van der Waals surface area contributed by atoms with Crippen LogP contribution in [0.1, 0.15) is 18.9 Å². The van der Waals surface area contributed by atoms with Crippen molar-refractivity contribution in [2.75, 3.05) is 13.2 Å². The van der Waals surface area contributed by atoms with E-state index in [0.717, 1.165) is 10.0 Å².